The van der Waals surface area contributed by atoms with E-state index in [1.807, 2.05) is 10.6 Å². The van der Waals surface area contributed by atoms with Crippen molar-refractivity contribution in [2.75, 3.05) is 13.1 Å². The number of rotatable bonds is 2. The van der Waals surface area contributed by atoms with Gasteiger partial charge in [-0.25, -0.2) is 4.98 Å². The molecule has 1 aliphatic heterocycles. The molecule has 0 spiro atoms. The van der Waals surface area contributed by atoms with Gasteiger partial charge in [0.05, 0.1) is 11.8 Å². The third kappa shape index (κ3) is 1.40. The van der Waals surface area contributed by atoms with E-state index in [1.54, 1.807) is 18.6 Å². The zero-order valence-corrected chi connectivity index (χ0v) is 8.22. The average molecular weight is 204 g/mol. The van der Waals surface area contributed by atoms with Crippen molar-refractivity contribution in [2.45, 2.75) is 12.0 Å². The first kappa shape index (κ1) is 8.82. The summed E-state index contributed by atoms with van der Waals surface area (Å²) in [6.45, 7) is 1.32. The summed E-state index contributed by atoms with van der Waals surface area (Å²) in [5.41, 5.74) is 1.25. The second kappa shape index (κ2) is 3.01. The minimum atomic E-state index is -0.598. The Labute approximate surface area is 86.8 Å². The van der Waals surface area contributed by atoms with Gasteiger partial charge in [-0.05, 0) is 0 Å². The number of aliphatic hydroxyl groups is 1. The van der Waals surface area contributed by atoms with Crippen LogP contribution in [0.1, 0.15) is 5.69 Å². The summed E-state index contributed by atoms with van der Waals surface area (Å²) in [5, 5.41) is 13.1. The molecule has 0 aliphatic carbocycles. The number of hydrogen-bond acceptors (Lipinski definition) is 4. The highest BCUT2D eigenvalue weighted by molar-refractivity contribution is 5.37. The van der Waals surface area contributed by atoms with Crippen molar-refractivity contribution in [3.8, 4) is 0 Å². The van der Waals surface area contributed by atoms with E-state index in [2.05, 4.69) is 15.3 Å². The topological polar surface area (TPSA) is 62.5 Å². The molecule has 15 heavy (non-hydrogen) atoms. The molecular formula is C10H12N4O. The van der Waals surface area contributed by atoms with Crippen LogP contribution in [0.3, 0.4) is 0 Å². The van der Waals surface area contributed by atoms with Crippen LogP contribution in [0.5, 0.6) is 0 Å². The van der Waals surface area contributed by atoms with Crippen LogP contribution in [0, 0.1) is 0 Å². The van der Waals surface area contributed by atoms with Gasteiger partial charge in [-0.2, -0.15) is 0 Å². The first-order valence-electron chi connectivity index (χ1n) is 4.96. The molecule has 0 saturated carbocycles. The fraction of sp³-hybridized carbons (Fsp3) is 0.400. The van der Waals surface area contributed by atoms with Gasteiger partial charge < -0.3 is 14.8 Å². The Kier molecular flexibility index (Phi) is 1.77. The van der Waals surface area contributed by atoms with E-state index < -0.39 is 5.60 Å². The van der Waals surface area contributed by atoms with E-state index in [4.69, 9.17) is 0 Å². The van der Waals surface area contributed by atoms with Crippen LogP contribution in [0.2, 0.25) is 0 Å². The van der Waals surface area contributed by atoms with Gasteiger partial charge in [0.1, 0.15) is 0 Å². The number of nitrogens with zero attached hydrogens (tertiary/aromatic N) is 3. The van der Waals surface area contributed by atoms with Gasteiger partial charge in [0.2, 0.25) is 0 Å². The number of β-amino-alcohol motifs (C(OH)–C–C–N with tert-alkyl or cyclic N) is 1. The van der Waals surface area contributed by atoms with Crippen molar-refractivity contribution in [2.24, 2.45) is 0 Å². The Hall–Kier alpha value is -1.46. The zero-order chi connectivity index (χ0) is 10.3. The standard InChI is InChI=1S/C10H12N4O/c15-10(6-12-7-10)3-8-4-13-9-5-11-1-2-14(8)9/h1-2,4-5,12,15H,3,6-7H2. The lowest BCUT2D eigenvalue weighted by atomic mass is 9.92. The summed E-state index contributed by atoms with van der Waals surface area (Å²) in [7, 11) is 0. The first-order chi connectivity index (χ1) is 7.27. The lowest BCUT2D eigenvalue weighted by Gasteiger charge is -2.37. The van der Waals surface area contributed by atoms with Crippen molar-refractivity contribution in [3.05, 3.63) is 30.5 Å². The number of imidazole rings is 1. The fourth-order valence-electron chi connectivity index (χ4n) is 1.90. The van der Waals surface area contributed by atoms with Crippen LogP contribution in [0.15, 0.2) is 24.8 Å². The molecule has 0 aromatic carbocycles. The average Bonchev–Trinajstić information content (AvgIpc) is 2.60. The van der Waals surface area contributed by atoms with Crippen molar-refractivity contribution in [3.63, 3.8) is 0 Å². The predicted octanol–water partition coefficient (Wildman–Crippen LogP) is -0.394. The van der Waals surface area contributed by atoms with E-state index >= 15 is 0 Å². The molecule has 0 radical (unpaired) electrons. The highest BCUT2D eigenvalue weighted by atomic mass is 16.3. The number of nitrogens with one attached hydrogen (secondary N) is 1. The fourth-order valence-corrected chi connectivity index (χ4v) is 1.90. The van der Waals surface area contributed by atoms with Gasteiger partial charge in [0.25, 0.3) is 0 Å². The minimum absolute atomic E-state index is 0.598. The Morgan fingerprint density at radius 1 is 1.47 bits per heavy atom. The van der Waals surface area contributed by atoms with Crippen LogP contribution in [-0.2, 0) is 6.42 Å². The van der Waals surface area contributed by atoms with Crippen LogP contribution in [0.25, 0.3) is 5.65 Å². The quantitative estimate of drug-likeness (QED) is 0.699. The summed E-state index contributed by atoms with van der Waals surface area (Å²) in [4.78, 5) is 8.23. The molecular weight excluding hydrogens is 192 g/mol. The van der Waals surface area contributed by atoms with Gasteiger partial charge >= 0.3 is 0 Å². The van der Waals surface area contributed by atoms with Gasteiger partial charge in [-0.15, -0.1) is 0 Å². The van der Waals surface area contributed by atoms with Crippen LogP contribution >= 0.6 is 0 Å². The molecule has 78 valence electrons. The summed E-state index contributed by atoms with van der Waals surface area (Å²) in [5.74, 6) is 0. The van der Waals surface area contributed by atoms with E-state index in [-0.39, 0.29) is 0 Å². The SMILES string of the molecule is OC1(Cc2cnc3cnccn23)CNC1. The molecule has 3 heterocycles. The molecule has 0 amide bonds. The molecule has 5 nitrogen and oxygen atoms in total. The van der Waals surface area contributed by atoms with Gasteiger partial charge in [-0.3, -0.25) is 4.98 Å². The van der Waals surface area contributed by atoms with E-state index in [0.29, 0.717) is 19.5 Å². The molecule has 1 saturated heterocycles. The van der Waals surface area contributed by atoms with Crippen molar-refractivity contribution >= 4 is 5.65 Å². The zero-order valence-electron chi connectivity index (χ0n) is 8.22. The second-order valence-corrected chi connectivity index (χ2v) is 4.06. The van der Waals surface area contributed by atoms with Crippen molar-refractivity contribution in [1.29, 1.82) is 0 Å². The molecule has 2 N–H and O–H groups in total. The highest BCUT2D eigenvalue weighted by Gasteiger charge is 2.35. The van der Waals surface area contributed by atoms with E-state index in [0.717, 1.165) is 11.3 Å². The summed E-state index contributed by atoms with van der Waals surface area (Å²) in [6, 6.07) is 0. The highest BCUT2D eigenvalue weighted by Crippen LogP contribution is 2.18. The maximum atomic E-state index is 10.0. The molecule has 1 fully saturated rings. The largest absolute Gasteiger partial charge is 0.387 e. The Bertz CT molecular complexity index is 489. The molecule has 1 aliphatic rings. The molecule has 2 aromatic rings. The van der Waals surface area contributed by atoms with E-state index in [1.165, 1.54) is 0 Å². The first-order valence-corrected chi connectivity index (χ1v) is 4.96. The van der Waals surface area contributed by atoms with Gasteiger partial charge in [-0.1, -0.05) is 0 Å². The number of fused-ring (bicyclic) bond motifs is 1. The summed E-state index contributed by atoms with van der Waals surface area (Å²) >= 11 is 0. The lowest BCUT2D eigenvalue weighted by molar-refractivity contribution is -0.00997. The molecule has 2 aromatic heterocycles. The minimum Gasteiger partial charge on any atom is -0.387 e. The third-order valence-electron chi connectivity index (χ3n) is 2.81. The number of aromatic nitrogens is 3. The molecule has 5 heteroatoms. The van der Waals surface area contributed by atoms with Crippen LogP contribution in [0.4, 0.5) is 0 Å². The van der Waals surface area contributed by atoms with E-state index in [9.17, 15) is 5.11 Å². The van der Waals surface area contributed by atoms with Crippen molar-refractivity contribution < 1.29 is 5.11 Å². The van der Waals surface area contributed by atoms with Crippen LogP contribution < -0.4 is 5.32 Å². The normalized spacial score (nSPS) is 19.0. The second-order valence-electron chi connectivity index (χ2n) is 4.06. The number of hydrogen-bond donors (Lipinski definition) is 2. The summed E-state index contributed by atoms with van der Waals surface area (Å²) in [6.07, 6.45) is 7.74. The molecule has 3 rings (SSSR count). The maximum absolute atomic E-state index is 10.0. The lowest BCUT2D eigenvalue weighted by Crippen LogP contribution is -2.60. The van der Waals surface area contributed by atoms with Crippen LogP contribution in [-0.4, -0.2) is 38.2 Å². The third-order valence-corrected chi connectivity index (χ3v) is 2.81. The predicted molar refractivity (Wildman–Crippen MR) is 54.5 cm³/mol. The van der Waals surface area contributed by atoms with Gasteiger partial charge in [0.15, 0.2) is 5.65 Å². The smallest absolute Gasteiger partial charge is 0.155 e. The molecule has 0 atom stereocenters. The summed E-state index contributed by atoms with van der Waals surface area (Å²) < 4.78 is 1.96. The monoisotopic (exact) mass is 204 g/mol. The van der Waals surface area contributed by atoms with Crippen molar-refractivity contribution in [1.82, 2.24) is 19.7 Å². The Morgan fingerprint density at radius 2 is 2.33 bits per heavy atom. The maximum Gasteiger partial charge on any atom is 0.155 e. The molecule has 0 bridgehead atoms. The Morgan fingerprint density at radius 3 is 3.07 bits per heavy atom. The van der Waals surface area contributed by atoms with Gasteiger partial charge in [0, 0.05) is 43.8 Å². The Balaban J connectivity index is 1.97. The molecule has 0 unspecified atom stereocenters.